The van der Waals surface area contributed by atoms with E-state index in [0.29, 0.717) is 18.8 Å². The van der Waals surface area contributed by atoms with Crippen LogP contribution in [-0.4, -0.2) is 39.7 Å². The van der Waals surface area contributed by atoms with Gasteiger partial charge in [0, 0.05) is 31.9 Å². The van der Waals surface area contributed by atoms with Crippen LogP contribution in [-0.2, 0) is 19.8 Å². The molecule has 1 aliphatic heterocycles. The topological polar surface area (TPSA) is 50.2 Å². The van der Waals surface area contributed by atoms with Gasteiger partial charge in [-0.1, -0.05) is 18.2 Å². The molecule has 1 atom stereocenters. The maximum atomic E-state index is 13.2. The number of carbonyl (C=O) groups is 1. The molecule has 1 unspecified atom stereocenters. The number of carbonyl (C=O) groups excluding carboxylic acids is 1. The lowest BCUT2D eigenvalue weighted by Crippen LogP contribution is -2.47. The molecule has 1 saturated heterocycles. The van der Waals surface area contributed by atoms with E-state index < -0.39 is 11.7 Å². The number of piperidine rings is 1. The van der Waals surface area contributed by atoms with Crippen molar-refractivity contribution in [1.29, 1.82) is 0 Å². The summed E-state index contributed by atoms with van der Waals surface area (Å²) >= 11 is 0. The minimum Gasteiger partial charge on any atom is -0.347 e. The molecule has 0 radical (unpaired) electrons. The Balaban J connectivity index is 1.64. The normalized spacial score (nSPS) is 18.5. The van der Waals surface area contributed by atoms with Gasteiger partial charge in [0.1, 0.15) is 5.69 Å². The molecule has 0 aliphatic carbocycles. The van der Waals surface area contributed by atoms with Gasteiger partial charge in [0.2, 0.25) is 0 Å². The molecule has 5 nitrogen and oxygen atoms in total. The van der Waals surface area contributed by atoms with Crippen LogP contribution in [0.1, 0.15) is 40.2 Å². The molecule has 27 heavy (non-hydrogen) atoms. The van der Waals surface area contributed by atoms with Gasteiger partial charge < -0.3 is 5.32 Å². The third kappa shape index (κ3) is 4.68. The summed E-state index contributed by atoms with van der Waals surface area (Å²) in [7, 11) is 1.77. The monoisotopic (exact) mass is 380 g/mol. The number of benzene rings is 1. The lowest BCUT2D eigenvalue weighted by atomic mass is 10.0. The van der Waals surface area contributed by atoms with Crippen LogP contribution < -0.4 is 5.32 Å². The molecular weight excluding hydrogens is 357 g/mol. The van der Waals surface area contributed by atoms with Crippen molar-refractivity contribution in [3.8, 4) is 0 Å². The van der Waals surface area contributed by atoms with Crippen molar-refractivity contribution in [1.82, 2.24) is 20.0 Å². The SMILES string of the molecule is Cc1cc(C(=O)NC2CCCN(Cc3ccccc3C(F)(F)F)C2)nn1C. The van der Waals surface area contributed by atoms with Crippen LogP contribution in [0.25, 0.3) is 0 Å². The highest BCUT2D eigenvalue weighted by molar-refractivity contribution is 5.92. The number of amides is 1. The van der Waals surface area contributed by atoms with Crippen LogP contribution >= 0.6 is 0 Å². The average molecular weight is 380 g/mol. The summed E-state index contributed by atoms with van der Waals surface area (Å²) < 4.78 is 41.2. The first kappa shape index (κ1) is 19.4. The van der Waals surface area contributed by atoms with E-state index in [2.05, 4.69) is 10.4 Å². The average Bonchev–Trinajstić information content (AvgIpc) is 2.94. The summed E-state index contributed by atoms with van der Waals surface area (Å²) in [6, 6.07) is 7.27. The summed E-state index contributed by atoms with van der Waals surface area (Å²) in [5.74, 6) is -0.249. The molecule has 1 fully saturated rings. The van der Waals surface area contributed by atoms with Gasteiger partial charge in [-0.05, 0) is 44.0 Å². The lowest BCUT2D eigenvalue weighted by molar-refractivity contribution is -0.138. The van der Waals surface area contributed by atoms with Crippen molar-refractivity contribution in [2.24, 2.45) is 7.05 Å². The Hall–Kier alpha value is -2.35. The summed E-state index contributed by atoms with van der Waals surface area (Å²) in [5.41, 5.74) is 0.904. The number of nitrogens with one attached hydrogen (secondary N) is 1. The quantitative estimate of drug-likeness (QED) is 0.887. The highest BCUT2D eigenvalue weighted by Crippen LogP contribution is 2.32. The van der Waals surface area contributed by atoms with E-state index in [1.807, 2.05) is 11.8 Å². The third-order valence-corrected chi connectivity index (χ3v) is 4.90. The standard InChI is InChI=1S/C19H23F3N4O/c1-13-10-17(24-25(13)2)18(27)23-15-7-5-9-26(12-15)11-14-6-3-4-8-16(14)19(20,21)22/h3-4,6,8,10,15H,5,7,9,11-12H2,1-2H3,(H,23,27). The number of aryl methyl sites for hydroxylation is 2. The molecule has 3 rings (SSSR count). The summed E-state index contributed by atoms with van der Waals surface area (Å²) in [6.45, 7) is 3.31. The van der Waals surface area contributed by atoms with E-state index in [-0.39, 0.29) is 24.1 Å². The van der Waals surface area contributed by atoms with Gasteiger partial charge in [-0.3, -0.25) is 14.4 Å². The van der Waals surface area contributed by atoms with E-state index in [0.717, 1.165) is 24.6 Å². The van der Waals surface area contributed by atoms with Crippen molar-refractivity contribution in [2.45, 2.75) is 38.5 Å². The Morgan fingerprint density at radius 2 is 2.07 bits per heavy atom. The number of aromatic nitrogens is 2. The van der Waals surface area contributed by atoms with Crippen LogP contribution in [0.4, 0.5) is 13.2 Å². The van der Waals surface area contributed by atoms with Gasteiger partial charge in [-0.25, -0.2) is 0 Å². The summed E-state index contributed by atoms with van der Waals surface area (Å²) in [4.78, 5) is 14.3. The van der Waals surface area contributed by atoms with Crippen LogP contribution in [0, 0.1) is 6.92 Å². The Morgan fingerprint density at radius 1 is 1.33 bits per heavy atom. The zero-order valence-electron chi connectivity index (χ0n) is 15.4. The first-order valence-electron chi connectivity index (χ1n) is 8.93. The number of likely N-dealkylation sites (tertiary alicyclic amines) is 1. The Bertz CT molecular complexity index is 796. The fourth-order valence-electron chi connectivity index (χ4n) is 3.42. The molecule has 0 bridgehead atoms. The van der Waals surface area contributed by atoms with E-state index in [1.54, 1.807) is 23.9 Å². The second-order valence-corrected chi connectivity index (χ2v) is 7.00. The van der Waals surface area contributed by atoms with E-state index >= 15 is 0 Å². The largest absolute Gasteiger partial charge is 0.416 e. The fourth-order valence-corrected chi connectivity index (χ4v) is 3.42. The molecule has 1 aromatic heterocycles. The summed E-state index contributed by atoms with van der Waals surface area (Å²) in [6.07, 6.45) is -2.74. The minimum absolute atomic E-state index is 0.105. The third-order valence-electron chi connectivity index (χ3n) is 4.90. The van der Waals surface area contributed by atoms with Gasteiger partial charge in [0.15, 0.2) is 0 Å². The van der Waals surface area contributed by atoms with Crippen LogP contribution in [0.15, 0.2) is 30.3 Å². The van der Waals surface area contributed by atoms with Crippen molar-refractivity contribution >= 4 is 5.91 Å². The van der Waals surface area contributed by atoms with E-state index in [4.69, 9.17) is 0 Å². The molecule has 8 heteroatoms. The van der Waals surface area contributed by atoms with E-state index in [1.165, 1.54) is 12.1 Å². The van der Waals surface area contributed by atoms with Crippen LogP contribution in [0.5, 0.6) is 0 Å². The maximum absolute atomic E-state index is 13.2. The highest BCUT2D eigenvalue weighted by Gasteiger charge is 2.33. The predicted molar refractivity (Wildman–Crippen MR) is 95.2 cm³/mol. The second-order valence-electron chi connectivity index (χ2n) is 7.00. The number of alkyl halides is 3. The van der Waals surface area contributed by atoms with Gasteiger partial charge in [-0.15, -0.1) is 0 Å². The zero-order valence-corrected chi connectivity index (χ0v) is 15.4. The molecule has 2 heterocycles. The molecule has 1 N–H and O–H groups in total. The minimum atomic E-state index is -4.36. The Labute approximate surface area is 156 Å². The molecule has 0 saturated carbocycles. The number of hydrogen-bond acceptors (Lipinski definition) is 3. The molecule has 1 amide bonds. The molecule has 1 aromatic carbocycles. The van der Waals surface area contributed by atoms with Crippen LogP contribution in [0.3, 0.4) is 0 Å². The van der Waals surface area contributed by atoms with Crippen molar-refractivity contribution in [2.75, 3.05) is 13.1 Å². The first-order valence-corrected chi connectivity index (χ1v) is 8.93. The van der Waals surface area contributed by atoms with Crippen LogP contribution in [0.2, 0.25) is 0 Å². The van der Waals surface area contributed by atoms with Gasteiger partial charge in [0.25, 0.3) is 5.91 Å². The first-order chi connectivity index (χ1) is 12.7. The van der Waals surface area contributed by atoms with E-state index in [9.17, 15) is 18.0 Å². The Kier molecular flexibility index (Phi) is 5.55. The van der Waals surface area contributed by atoms with Gasteiger partial charge in [0.05, 0.1) is 5.56 Å². The van der Waals surface area contributed by atoms with Crippen molar-refractivity contribution < 1.29 is 18.0 Å². The molecule has 2 aromatic rings. The molecule has 0 spiro atoms. The van der Waals surface area contributed by atoms with Crippen molar-refractivity contribution in [3.05, 3.63) is 52.8 Å². The second kappa shape index (κ2) is 7.72. The molecule has 1 aliphatic rings. The predicted octanol–water partition coefficient (Wildman–Crippen LogP) is 3.14. The van der Waals surface area contributed by atoms with Gasteiger partial charge in [-0.2, -0.15) is 18.3 Å². The van der Waals surface area contributed by atoms with Crippen molar-refractivity contribution in [3.63, 3.8) is 0 Å². The smallest absolute Gasteiger partial charge is 0.347 e. The molecular formula is C19H23F3N4O. The fraction of sp³-hybridized carbons (Fsp3) is 0.474. The zero-order chi connectivity index (χ0) is 19.6. The number of hydrogen-bond donors (Lipinski definition) is 1. The Morgan fingerprint density at radius 3 is 2.74 bits per heavy atom. The summed E-state index contributed by atoms with van der Waals surface area (Å²) in [5, 5.41) is 7.12. The maximum Gasteiger partial charge on any atom is 0.416 e. The number of rotatable bonds is 4. The molecule has 146 valence electrons. The number of nitrogens with zero attached hydrogens (tertiary/aromatic N) is 3. The van der Waals surface area contributed by atoms with Gasteiger partial charge >= 0.3 is 6.18 Å². The highest BCUT2D eigenvalue weighted by atomic mass is 19.4. The number of halogens is 3. The lowest BCUT2D eigenvalue weighted by Gasteiger charge is -2.33.